The maximum atomic E-state index is 13.2. The number of halogens is 1. The zero-order chi connectivity index (χ0) is 24.8. The average Bonchev–Trinajstić information content (AvgIpc) is 3.17. The minimum Gasteiger partial charge on any atom is -0.483 e. The van der Waals surface area contributed by atoms with E-state index in [1.807, 2.05) is 11.5 Å². The van der Waals surface area contributed by atoms with Crippen molar-refractivity contribution in [1.82, 2.24) is 14.8 Å². The summed E-state index contributed by atoms with van der Waals surface area (Å²) in [6.07, 6.45) is -0.451. The lowest BCUT2D eigenvalue weighted by Crippen LogP contribution is -2.17. The molecule has 0 bridgehead atoms. The quantitative estimate of drug-likeness (QED) is 0.239. The Hall–Kier alpha value is -3.47. The van der Waals surface area contributed by atoms with E-state index in [2.05, 4.69) is 29.4 Å². The van der Waals surface area contributed by atoms with Crippen LogP contribution < -0.4 is 10.1 Å². The second-order valence-corrected chi connectivity index (χ2v) is 9.10. The molecular weight excluding hydrogens is 461 g/mol. The summed E-state index contributed by atoms with van der Waals surface area (Å²) in [6.45, 7) is 8.20. The molecule has 0 aliphatic heterocycles. The third-order valence-corrected chi connectivity index (χ3v) is 5.77. The summed E-state index contributed by atoms with van der Waals surface area (Å²) < 4.78 is 21.0. The summed E-state index contributed by atoms with van der Waals surface area (Å²) in [6, 6.07) is 10.3. The van der Waals surface area contributed by atoms with Crippen molar-refractivity contribution in [3.63, 3.8) is 0 Å². The first-order valence-electron chi connectivity index (χ1n) is 10.7. The third kappa shape index (κ3) is 6.53. The molecule has 1 unspecified atom stereocenters. The Bertz CT molecular complexity index is 1170. The predicted molar refractivity (Wildman–Crippen MR) is 127 cm³/mol. The van der Waals surface area contributed by atoms with Crippen molar-refractivity contribution in [2.24, 2.45) is 5.92 Å². The maximum Gasteiger partial charge on any atom is 0.274 e. The van der Waals surface area contributed by atoms with E-state index < -0.39 is 11.0 Å². The van der Waals surface area contributed by atoms with Gasteiger partial charge in [-0.1, -0.05) is 31.7 Å². The zero-order valence-corrected chi connectivity index (χ0v) is 20.1. The van der Waals surface area contributed by atoms with Crippen molar-refractivity contribution in [2.75, 3.05) is 11.1 Å². The van der Waals surface area contributed by atoms with Gasteiger partial charge in [-0.15, -0.1) is 10.2 Å². The second-order valence-electron chi connectivity index (χ2n) is 8.15. The van der Waals surface area contributed by atoms with Crippen LogP contribution in [0.1, 0.15) is 38.3 Å². The SMILES string of the molecule is Cc1ccc(NC(=O)CSc2nnc(C(C)Oc3ccc(F)cc3)n2CC(C)C)cc1[N+](=O)[O-]. The third-order valence-electron chi connectivity index (χ3n) is 4.81. The Morgan fingerprint density at radius 2 is 1.91 bits per heavy atom. The molecule has 0 saturated carbocycles. The van der Waals surface area contributed by atoms with E-state index in [0.717, 1.165) is 0 Å². The number of nitrogens with zero attached hydrogens (tertiary/aromatic N) is 4. The molecule has 180 valence electrons. The molecule has 9 nitrogen and oxygen atoms in total. The summed E-state index contributed by atoms with van der Waals surface area (Å²) in [5.41, 5.74) is 0.819. The highest BCUT2D eigenvalue weighted by Gasteiger charge is 2.21. The minimum absolute atomic E-state index is 0.0467. The molecule has 1 N–H and O–H groups in total. The van der Waals surface area contributed by atoms with Crippen molar-refractivity contribution in [1.29, 1.82) is 0 Å². The van der Waals surface area contributed by atoms with Gasteiger partial charge in [-0.25, -0.2) is 4.39 Å². The lowest BCUT2D eigenvalue weighted by Gasteiger charge is -2.17. The van der Waals surface area contributed by atoms with Gasteiger partial charge in [0.25, 0.3) is 5.69 Å². The number of anilines is 1. The van der Waals surface area contributed by atoms with Crippen molar-refractivity contribution < 1.29 is 18.8 Å². The number of carbonyl (C=O) groups excluding carboxylic acids is 1. The molecule has 0 radical (unpaired) electrons. The Morgan fingerprint density at radius 1 is 1.21 bits per heavy atom. The van der Waals surface area contributed by atoms with Gasteiger partial charge in [-0.05, 0) is 50.1 Å². The number of nitrogens with one attached hydrogen (secondary N) is 1. The number of hydrogen-bond donors (Lipinski definition) is 1. The molecule has 34 heavy (non-hydrogen) atoms. The largest absolute Gasteiger partial charge is 0.483 e. The van der Waals surface area contributed by atoms with Crippen molar-refractivity contribution in [2.45, 2.75) is 45.5 Å². The van der Waals surface area contributed by atoms with Gasteiger partial charge in [-0.2, -0.15) is 0 Å². The first-order valence-corrected chi connectivity index (χ1v) is 11.7. The number of nitro benzene ring substituents is 1. The molecule has 1 amide bonds. The highest BCUT2D eigenvalue weighted by molar-refractivity contribution is 7.99. The number of aryl methyl sites for hydroxylation is 1. The van der Waals surface area contributed by atoms with Gasteiger partial charge >= 0.3 is 0 Å². The van der Waals surface area contributed by atoms with Gasteiger partial charge in [0.1, 0.15) is 11.6 Å². The van der Waals surface area contributed by atoms with Crippen LogP contribution in [0.15, 0.2) is 47.6 Å². The zero-order valence-electron chi connectivity index (χ0n) is 19.3. The van der Waals surface area contributed by atoms with Crippen LogP contribution in [-0.2, 0) is 11.3 Å². The van der Waals surface area contributed by atoms with E-state index in [1.54, 1.807) is 31.2 Å². The van der Waals surface area contributed by atoms with Gasteiger partial charge in [0.15, 0.2) is 17.1 Å². The number of benzene rings is 2. The van der Waals surface area contributed by atoms with Gasteiger partial charge < -0.3 is 14.6 Å². The predicted octanol–water partition coefficient (Wildman–Crippen LogP) is 5.16. The highest BCUT2D eigenvalue weighted by Crippen LogP contribution is 2.26. The van der Waals surface area contributed by atoms with Crippen molar-refractivity contribution >= 4 is 29.0 Å². The van der Waals surface area contributed by atoms with Crippen molar-refractivity contribution in [3.8, 4) is 5.75 Å². The first-order chi connectivity index (χ1) is 16.1. The van der Waals surface area contributed by atoms with Gasteiger partial charge in [0.05, 0.1) is 10.7 Å². The molecule has 0 fully saturated rings. The normalized spacial score (nSPS) is 11.9. The number of carbonyl (C=O) groups is 1. The fourth-order valence-electron chi connectivity index (χ4n) is 3.23. The van der Waals surface area contributed by atoms with Crippen LogP contribution in [0.3, 0.4) is 0 Å². The molecule has 1 heterocycles. The Morgan fingerprint density at radius 3 is 2.56 bits per heavy atom. The molecule has 3 aromatic rings. The molecule has 3 rings (SSSR count). The minimum atomic E-state index is -0.481. The fraction of sp³-hybridized carbons (Fsp3) is 0.348. The fourth-order valence-corrected chi connectivity index (χ4v) is 3.98. The summed E-state index contributed by atoms with van der Waals surface area (Å²) in [5.74, 6) is 0.767. The van der Waals surface area contributed by atoms with Crippen LogP contribution in [0.25, 0.3) is 0 Å². The Kier molecular flexibility index (Phi) is 8.21. The lowest BCUT2D eigenvalue weighted by atomic mass is 10.2. The first kappa shape index (κ1) is 25.2. The molecule has 0 aliphatic carbocycles. The lowest BCUT2D eigenvalue weighted by molar-refractivity contribution is -0.385. The topological polar surface area (TPSA) is 112 Å². The van der Waals surface area contributed by atoms with Crippen LogP contribution in [0.4, 0.5) is 15.8 Å². The number of thioether (sulfide) groups is 1. The van der Waals surface area contributed by atoms with Crippen LogP contribution in [0, 0.1) is 28.8 Å². The van der Waals surface area contributed by atoms with Crippen LogP contribution in [0.5, 0.6) is 5.75 Å². The molecule has 0 spiro atoms. The standard InChI is InChI=1S/C23H26FN5O4S/c1-14(2)12-28-22(16(4)33-19-9-6-17(24)7-10-19)26-27-23(28)34-13-21(30)25-18-8-5-15(3)20(11-18)29(31)32/h5-11,14,16H,12-13H2,1-4H3,(H,25,30). The van der Waals surface area contributed by atoms with Crippen molar-refractivity contribution in [3.05, 3.63) is 69.8 Å². The van der Waals surface area contributed by atoms with Gasteiger partial charge in [0.2, 0.25) is 5.91 Å². The number of ether oxygens (including phenoxy) is 1. The highest BCUT2D eigenvalue weighted by atomic mass is 32.2. The van der Waals surface area contributed by atoms with E-state index >= 15 is 0 Å². The van der Waals surface area contributed by atoms with E-state index in [4.69, 9.17) is 4.74 Å². The summed E-state index contributed by atoms with van der Waals surface area (Å²) in [4.78, 5) is 23.1. The smallest absolute Gasteiger partial charge is 0.274 e. The molecule has 1 atom stereocenters. The van der Waals surface area contributed by atoms with Crippen LogP contribution >= 0.6 is 11.8 Å². The molecule has 1 aromatic heterocycles. The Balaban J connectivity index is 1.69. The monoisotopic (exact) mass is 487 g/mol. The Labute approximate surface area is 200 Å². The van der Waals surface area contributed by atoms with E-state index in [-0.39, 0.29) is 29.1 Å². The number of aromatic nitrogens is 3. The van der Waals surface area contributed by atoms with Crippen LogP contribution in [0.2, 0.25) is 0 Å². The van der Waals surface area contributed by atoms with E-state index in [1.165, 1.54) is 30.0 Å². The molecular formula is C23H26FN5O4S. The maximum absolute atomic E-state index is 13.2. The van der Waals surface area contributed by atoms with Gasteiger partial charge in [0, 0.05) is 23.9 Å². The van der Waals surface area contributed by atoms with E-state index in [9.17, 15) is 19.3 Å². The van der Waals surface area contributed by atoms with E-state index in [0.29, 0.717) is 34.5 Å². The molecule has 11 heteroatoms. The number of hydrogen-bond acceptors (Lipinski definition) is 7. The average molecular weight is 488 g/mol. The number of rotatable bonds is 10. The van der Waals surface area contributed by atoms with Gasteiger partial charge in [-0.3, -0.25) is 14.9 Å². The molecule has 2 aromatic carbocycles. The summed E-state index contributed by atoms with van der Waals surface area (Å²) in [5, 5.41) is 22.9. The number of nitro groups is 1. The summed E-state index contributed by atoms with van der Waals surface area (Å²) in [7, 11) is 0. The summed E-state index contributed by atoms with van der Waals surface area (Å²) >= 11 is 1.21. The second kappa shape index (κ2) is 11.1. The number of amides is 1. The van der Waals surface area contributed by atoms with Crippen LogP contribution in [-0.4, -0.2) is 31.3 Å². The molecule has 0 saturated heterocycles. The molecule has 0 aliphatic rings.